The molecule has 1 atom stereocenters. The molecule has 1 aromatic heterocycles. The summed E-state index contributed by atoms with van der Waals surface area (Å²) in [4.78, 5) is 17.1. The summed E-state index contributed by atoms with van der Waals surface area (Å²) < 4.78 is 17.6. The highest BCUT2D eigenvalue weighted by Crippen LogP contribution is 2.51. The topological polar surface area (TPSA) is 57.7 Å². The average molecular weight is 355 g/mol. The van der Waals surface area contributed by atoms with E-state index in [1.165, 1.54) is 5.56 Å². The summed E-state index contributed by atoms with van der Waals surface area (Å²) in [7, 11) is 5.95. The third-order valence-electron chi connectivity index (χ3n) is 5.41. The number of carbonyl (C=O) groups excluding carboxylic acids is 1. The van der Waals surface area contributed by atoms with Gasteiger partial charge in [0.15, 0.2) is 17.3 Å². The molecule has 0 saturated heterocycles. The van der Waals surface area contributed by atoms with Gasteiger partial charge in [-0.3, -0.25) is 9.78 Å². The van der Waals surface area contributed by atoms with Crippen molar-refractivity contribution < 1.29 is 23.5 Å². The molecule has 0 fully saturated rings. The molecule has 6 heteroatoms. The lowest BCUT2D eigenvalue weighted by molar-refractivity contribution is -0.922. The third-order valence-corrected chi connectivity index (χ3v) is 5.41. The normalized spacial score (nSPS) is 19.7. The summed E-state index contributed by atoms with van der Waals surface area (Å²) in [5.41, 5.74) is 2.72. The van der Waals surface area contributed by atoms with Gasteiger partial charge < -0.3 is 18.7 Å². The first kappa shape index (κ1) is 16.8. The van der Waals surface area contributed by atoms with Gasteiger partial charge in [-0.1, -0.05) is 6.07 Å². The van der Waals surface area contributed by atoms with Crippen LogP contribution in [0.4, 0.5) is 0 Å². The van der Waals surface area contributed by atoms with Crippen LogP contribution >= 0.6 is 0 Å². The van der Waals surface area contributed by atoms with Crippen LogP contribution in [-0.2, 0) is 6.42 Å². The minimum atomic E-state index is -0.0299. The summed E-state index contributed by atoms with van der Waals surface area (Å²) in [6.07, 6.45) is 2.93. The van der Waals surface area contributed by atoms with Crippen LogP contribution in [0.5, 0.6) is 17.2 Å². The van der Waals surface area contributed by atoms with Crippen molar-refractivity contribution in [2.75, 3.05) is 34.5 Å². The lowest BCUT2D eigenvalue weighted by atomic mass is 9.86. The van der Waals surface area contributed by atoms with Crippen molar-refractivity contribution in [2.45, 2.75) is 18.9 Å². The molecule has 1 aromatic carbocycles. The summed E-state index contributed by atoms with van der Waals surface area (Å²) in [5.74, 6) is 2.10. The zero-order chi connectivity index (χ0) is 18.3. The molecule has 0 bridgehead atoms. The number of ketones is 1. The third kappa shape index (κ3) is 2.70. The fraction of sp³-hybridized carbons (Fsp3) is 0.400. The first-order valence-electron chi connectivity index (χ1n) is 8.77. The molecule has 0 radical (unpaired) electrons. The van der Waals surface area contributed by atoms with Crippen LogP contribution in [0.15, 0.2) is 30.5 Å². The summed E-state index contributed by atoms with van der Waals surface area (Å²) in [6, 6.07) is 7.43. The molecule has 3 heterocycles. The summed E-state index contributed by atoms with van der Waals surface area (Å²) in [6.45, 7) is 1.14. The fourth-order valence-electron chi connectivity index (χ4n) is 3.92. The molecule has 2 aromatic rings. The van der Waals surface area contributed by atoms with Crippen molar-refractivity contribution in [3.05, 3.63) is 47.3 Å². The molecule has 0 amide bonds. The number of nitrogens with zero attached hydrogens (tertiary/aromatic N) is 2. The molecule has 0 aliphatic carbocycles. The zero-order valence-corrected chi connectivity index (χ0v) is 15.3. The molecule has 2 aliphatic rings. The number of pyridine rings is 1. The SMILES string of the molecule is COc1c2c(cc3c1C(CC(=O)c1ccccn1)[N+](C)(C)CC3)OCO2. The Hall–Kier alpha value is -2.60. The summed E-state index contributed by atoms with van der Waals surface area (Å²) >= 11 is 0. The molecule has 0 saturated carbocycles. The summed E-state index contributed by atoms with van der Waals surface area (Å²) in [5, 5.41) is 0. The van der Waals surface area contributed by atoms with Crippen LogP contribution in [0.25, 0.3) is 0 Å². The van der Waals surface area contributed by atoms with Crippen LogP contribution in [-0.4, -0.2) is 49.8 Å². The molecule has 0 N–H and O–H groups in total. The number of rotatable bonds is 4. The van der Waals surface area contributed by atoms with E-state index < -0.39 is 0 Å². The maximum absolute atomic E-state index is 12.9. The van der Waals surface area contributed by atoms with Gasteiger partial charge in [0.05, 0.1) is 39.7 Å². The van der Waals surface area contributed by atoms with Gasteiger partial charge in [0, 0.05) is 12.6 Å². The van der Waals surface area contributed by atoms with Crippen LogP contribution in [0.3, 0.4) is 0 Å². The lowest BCUT2D eigenvalue weighted by Gasteiger charge is -2.43. The average Bonchev–Trinajstić information content (AvgIpc) is 3.11. The minimum absolute atomic E-state index is 0.0299. The number of hydrogen-bond acceptors (Lipinski definition) is 5. The molecule has 4 rings (SSSR count). The van der Waals surface area contributed by atoms with Crippen LogP contribution in [0.2, 0.25) is 0 Å². The second-order valence-corrected chi connectivity index (χ2v) is 7.33. The Balaban J connectivity index is 1.78. The van der Waals surface area contributed by atoms with E-state index in [1.54, 1.807) is 19.4 Å². The van der Waals surface area contributed by atoms with E-state index in [1.807, 2.05) is 18.2 Å². The Morgan fingerprint density at radius 1 is 1.35 bits per heavy atom. The largest absolute Gasteiger partial charge is 0.492 e. The van der Waals surface area contributed by atoms with Crippen molar-refractivity contribution in [1.82, 2.24) is 4.98 Å². The molecule has 0 spiro atoms. The number of Topliss-reactive ketones (excluding diaryl/α,β-unsaturated/α-hetero) is 1. The standard InChI is InChI=1S/C20H23N2O4/c1-22(2)9-7-13-10-17-19(26-12-25-17)20(24-3)18(13)15(22)11-16(23)14-6-4-5-8-21-14/h4-6,8,10,15H,7,9,11-12H2,1-3H3/q+1. The first-order chi connectivity index (χ1) is 12.5. The first-order valence-corrected chi connectivity index (χ1v) is 8.77. The van der Waals surface area contributed by atoms with Gasteiger partial charge in [-0.25, -0.2) is 0 Å². The number of methoxy groups -OCH3 is 1. The number of likely N-dealkylation sites (N-methyl/N-ethyl adjacent to an activating group) is 1. The quantitative estimate of drug-likeness (QED) is 0.623. The molecule has 136 valence electrons. The van der Waals surface area contributed by atoms with E-state index >= 15 is 0 Å². The molecule has 2 aliphatic heterocycles. The predicted molar refractivity (Wildman–Crippen MR) is 95.7 cm³/mol. The Bertz CT molecular complexity index is 849. The number of fused-ring (bicyclic) bond motifs is 2. The highest BCUT2D eigenvalue weighted by Gasteiger charge is 2.42. The van der Waals surface area contributed by atoms with Gasteiger partial charge in [-0.2, -0.15) is 0 Å². The Morgan fingerprint density at radius 3 is 2.92 bits per heavy atom. The van der Waals surface area contributed by atoms with E-state index in [0.717, 1.165) is 24.3 Å². The van der Waals surface area contributed by atoms with Gasteiger partial charge in [-0.05, 0) is 23.8 Å². The van der Waals surface area contributed by atoms with Gasteiger partial charge in [-0.15, -0.1) is 0 Å². The molecule has 1 unspecified atom stereocenters. The van der Waals surface area contributed by atoms with Crippen molar-refractivity contribution in [2.24, 2.45) is 0 Å². The zero-order valence-electron chi connectivity index (χ0n) is 15.3. The Morgan fingerprint density at radius 2 is 2.19 bits per heavy atom. The van der Waals surface area contributed by atoms with Crippen molar-refractivity contribution >= 4 is 5.78 Å². The number of benzene rings is 1. The number of carbonyl (C=O) groups is 1. The maximum Gasteiger partial charge on any atom is 0.231 e. The van der Waals surface area contributed by atoms with E-state index in [2.05, 4.69) is 19.1 Å². The lowest BCUT2D eigenvalue weighted by Crippen LogP contribution is -2.48. The van der Waals surface area contributed by atoms with Gasteiger partial charge in [0.1, 0.15) is 11.7 Å². The second-order valence-electron chi connectivity index (χ2n) is 7.33. The van der Waals surface area contributed by atoms with Crippen LogP contribution in [0.1, 0.15) is 34.1 Å². The molecule has 6 nitrogen and oxygen atoms in total. The predicted octanol–water partition coefficient (Wildman–Crippen LogP) is 2.77. The minimum Gasteiger partial charge on any atom is -0.492 e. The highest BCUT2D eigenvalue weighted by atomic mass is 16.7. The van der Waals surface area contributed by atoms with E-state index in [0.29, 0.717) is 28.1 Å². The van der Waals surface area contributed by atoms with Crippen molar-refractivity contribution in [3.8, 4) is 17.2 Å². The number of hydrogen-bond donors (Lipinski definition) is 0. The second kappa shape index (κ2) is 6.29. The van der Waals surface area contributed by atoms with Gasteiger partial charge >= 0.3 is 0 Å². The highest BCUT2D eigenvalue weighted by molar-refractivity contribution is 5.94. The Kier molecular flexibility index (Phi) is 4.07. The van der Waals surface area contributed by atoms with E-state index in [4.69, 9.17) is 14.2 Å². The molecular weight excluding hydrogens is 332 g/mol. The van der Waals surface area contributed by atoms with Gasteiger partial charge in [0.25, 0.3) is 0 Å². The van der Waals surface area contributed by atoms with Crippen LogP contribution < -0.4 is 14.2 Å². The van der Waals surface area contributed by atoms with E-state index in [-0.39, 0.29) is 18.6 Å². The van der Waals surface area contributed by atoms with Gasteiger partial charge in [0.2, 0.25) is 12.5 Å². The van der Waals surface area contributed by atoms with E-state index in [9.17, 15) is 4.79 Å². The van der Waals surface area contributed by atoms with Crippen molar-refractivity contribution in [3.63, 3.8) is 0 Å². The molecule has 26 heavy (non-hydrogen) atoms. The fourth-order valence-corrected chi connectivity index (χ4v) is 3.92. The monoisotopic (exact) mass is 355 g/mol. The number of quaternary nitrogens is 1. The molecular formula is C20H23N2O4+. The number of aromatic nitrogens is 1. The maximum atomic E-state index is 12.9. The smallest absolute Gasteiger partial charge is 0.231 e. The Labute approximate surface area is 152 Å². The van der Waals surface area contributed by atoms with Crippen LogP contribution in [0, 0.1) is 0 Å². The number of ether oxygens (including phenoxy) is 3. The van der Waals surface area contributed by atoms with Crippen molar-refractivity contribution in [1.29, 1.82) is 0 Å².